The van der Waals surface area contributed by atoms with Crippen molar-refractivity contribution in [1.82, 2.24) is 14.4 Å². The Morgan fingerprint density at radius 2 is 2.00 bits per heavy atom. The van der Waals surface area contributed by atoms with Gasteiger partial charge in [-0.15, -0.1) is 0 Å². The molecule has 3 heterocycles. The van der Waals surface area contributed by atoms with Crippen LogP contribution in [0.25, 0.3) is 17.0 Å². The number of fused-ring (bicyclic) bond motifs is 1. The number of imidazole rings is 1. The molecule has 0 aliphatic rings. The number of nitrogens with zero attached hydrogens (tertiary/aromatic N) is 4. The summed E-state index contributed by atoms with van der Waals surface area (Å²) in [5.41, 5.74) is 0.886. The van der Waals surface area contributed by atoms with Gasteiger partial charge in [-0.1, -0.05) is 6.07 Å². The van der Waals surface area contributed by atoms with Gasteiger partial charge in [-0.05, 0) is 24.3 Å². The van der Waals surface area contributed by atoms with Crippen LogP contribution in [0.5, 0.6) is 0 Å². The van der Waals surface area contributed by atoms with Gasteiger partial charge in [-0.2, -0.15) is 18.4 Å². The highest BCUT2D eigenvalue weighted by Crippen LogP contribution is 2.31. The highest BCUT2D eigenvalue weighted by Gasteiger charge is 2.31. The molecule has 3 aromatic rings. The van der Waals surface area contributed by atoms with E-state index in [1.807, 2.05) is 6.07 Å². The molecule has 0 radical (unpaired) electrons. The zero-order chi connectivity index (χ0) is 15.7. The number of nitriles is 1. The van der Waals surface area contributed by atoms with Crippen LogP contribution in [-0.2, 0) is 12.6 Å². The third-order valence-electron chi connectivity index (χ3n) is 3.20. The van der Waals surface area contributed by atoms with Gasteiger partial charge in [0.05, 0.1) is 29.4 Å². The summed E-state index contributed by atoms with van der Waals surface area (Å²) in [6.07, 6.45) is -1.99. The molecule has 0 amide bonds. The van der Waals surface area contributed by atoms with Crippen LogP contribution in [0.15, 0.2) is 42.7 Å². The average Bonchev–Trinajstić information content (AvgIpc) is 2.86. The van der Waals surface area contributed by atoms with Gasteiger partial charge in [0, 0.05) is 12.4 Å². The molecule has 0 aromatic carbocycles. The van der Waals surface area contributed by atoms with Gasteiger partial charge < -0.3 is 4.40 Å². The monoisotopic (exact) mass is 302 g/mol. The fraction of sp³-hybridized carbons (Fsp3) is 0.133. The Labute approximate surface area is 123 Å². The summed E-state index contributed by atoms with van der Waals surface area (Å²) in [7, 11) is 0. The minimum absolute atomic E-state index is 0.0611. The summed E-state index contributed by atoms with van der Waals surface area (Å²) < 4.78 is 39.9. The zero-order valence-corrected chi connectivity index (χ0v) is 11.2. The Morgan fingerprint density at radius 1 is 1.18 bits per heavy atom. The second-order valence-electron chi connectivity index (χ2n) is 4.60. The van der Waals surface area contributed by atoms with Gasteiger partial charge in [-0.25, -0.2) is 4.98 Å². The van der Waals surface area contributed by atoms with Gasteiger partial charge in [-0.3, -0.25) is 4.98 Å². The fourth-order valence-corrected chi connectivity index (χ4v) is 2.21. The van der Waals surface area contributed by atoms with Crippen LogP contribution in [0, 0.1) is 11.3 Å². The van der Waals surface area contributed by atoms with E-state index in [0.717, 1.165) is 12.3 Å². The van der Waals surface area contributed by atoms with Crippen LogP contribution in [0.2, 0.25) is 0 Å². The lowest BCUT2D eigenvalue weighted by molar-refractivity contribution is -0.137. The van der Waals surface area contributed by atoms with Crippen molar-refractivity contribution in [3.8, 4) is 17.5 Å². The number of alkyl halides is 3. The molecule has 0 saturated heterocycles. The Balaban J connectivity index is 2.26. The average molecular weight is 302 g/mol. The number of rotatable bonds is 2. The van der Waals surface area contributed by atoms with Crippen molar-refractivity contribution >= 4 is 5.65 Å². The molecule has 0 bridgehead atoms. The molecule has 3 aromatic heterocycles. The first-order chi connectivity index (χ1) is 10.5. The minimum Gasteiger partial charge on any atom is -0.302 e. The number of pyridine rings is 2. The first kappa shape index (κ1) is 14.1. The van der Waals surface area contributed by atoms with E-state index in [4.69, 9.17) is 5.26 Å². The molecular weight excluding hydrogens is 293 g/mol. The van der Waals surface area contributed by atoms with Crippen LogP contribution in [0.4, 0.5) is 13.2 Å². The predicted molar refractivity (Wildman–Crippen MR) is 72.7 cm³/mol. The Hall–Kier alpha value is -2.88. The van der Waals surface area contributed by atoms with E-state index < -0.39 is 11.7 Å². The third-order valence-corrected chi connectivity index (χ3v) is 3.20. The minimum atomic E-state index is -4.45. The molecule has 0 N–H and O–H groups in total. The number of hydrogen-bond acceptors (Lipinski definition) is 3. The van der Waals surface area contributed by atoms with Crippen molar-refractivity contribution in [1.29, 1.82) is 5.26 Å². The second kappa shape index (κ2) is 5.15. The third kappa shape index (κ3) is 2.39. The normalized spacial score (nSPS) is 11.5. The van der Waals surface area contributed by atoms with E-state index in [0.29, 0.717) is 22.7 Å². The second-order valence-corrected chi connectivity index (χ2v) is 4.60. The maximum absolute atomic E-state index is 12.9. The zero-order valence-electron chi connectivity index (χ0n) is 11.2. The van der Waals surface area contributed by atoms with E-state index in [1.54, 1.807) is 24.4 Å². The first-order valence-corrected chi connectivity index (χ1v) is 6.37. The van der Waals surface area contributed by atoms with Crippen LogP contribution < -0.4 is 0 Å². The van der Waals surface area contributed by atoms with Crippen molar-refractivity contribution in [2.24, 2.45) is 0 Å². The van der Waals surface area contributed by atoms with Crippen molar-refractivity contribution in [2.75, 3.05) is 0 Å². The molecule has 0 unspecified atom stereocenters. The molecule has 0 aliphatic carbocycles. The van der Waals surface area contributed by atoms with Crippen molar-refractivity contribution in [2.45, 2.75) is 12.6 Å². The maximum atomic E-state index is 12.9. The van der Waals surface area contributed by atoms with E-state index in [1.165, 1.54) is 10.5 Å². The lowest BCUT2D eigenvalue weighted by Crippen LogP contribution is -2.07. The van der Waals surface area contributed by atoms with Crippen LogP contribution >= 0.6 is 0 Å². The fourth-order valence-electron chi connectivity index (χ4n) is 2.21. The highest BCUT2D eigenvalue weighted by atomic mass is 19.4. The van der Waals surface area contributed by atoms with Gasteiger partial charge in [0.25, 0.3) is 0 Å². The molecule has 110 valence electrons. The van der Waals surface area contributed by atoms with Crippen LogP contribution in [0.1, 0.15) is 11.3 Å². The maximum Gasteiger partial charge on any atom is 0.417 e. The summed E-state index contributed by atoms with van der Waals surface area (Å²) >= 11 is 0. The smallest absolute Gasteiger partial charge is 0.302 e. The number of halogens is 3. The Kier molecular flexibility index (Phi) is 3.29. The molecule has 7 heteroatoms. The van der Waals surface area contributed by atoms with E-state index in [2.05, 4.69) is 9.97 Å². The molecule has 0 aliphatic heterocycles. The largest absolute Gasteiger partial charge is 0.417 e. The molecule has 0 spiro atoms. The molecule has 0 fully saturated rings. The molecule has 0 atom stereocenters. The summed E-state index contributed by atoms with van der Waals surface area (Å²) in [4.78, 5) is 8.46. The van der Waals surface area contributed by atoms with Crippen LogP contribution in [0.3, 0.4) is 0 Å². The Bertz CT molecular complexity index is 860. The van der Waals surface area contributed by atoms with Gasteiger partial charge in [0.15, 0.2) is 0 Å². The standard InChI is InChI=1S/C15H9F3N4/c16-15(17,18)10-4-5-13-21-14(11-3-1-2-8-20-11)12(6-7-19)22(13)9-10/h1-5,8-9H,6H2. The van der Waals surface area contributed by atoms with Crippen molar-refractivity contribution in [3.63, 3.8) is 0 Å². The van der Waals surface area contributed by atoms with E-state index in [9.17, 15) is 13.2 Å². The number of aromatic nitrogens is 3. The van der Waals surface area contributed by atoms with E-state index >= 15 is 0 Å². The van der Waals surface area contributed by atoms with Gasteiger partial charge >= 0.3 is 6.18 Å². The van der Waals surface area contributed by atoms with Crippen molar-refractivity contribution < 1.29 is 13.2 Å². The lowest BCUT2D eigenvalue weighted by atomic mass is 10.2. The quantitative estimate of drug-likeness (QED) is 0.728. The van der Waals surface area contributed by atoms with Gasteiger partial charge in [0.1, 0.15) is 11.3 Å². The SMILES string of the molecule is N#CCc1c(-c2ccccn2)nc2ccc(C(F)(F)F)cn12. The summed E-state index contributed by atoms with van der Waals surface area (Å²) in [6.45, 7) is 0. The summed E-state index contributed by atoms with van der Waals surface area (Å²) in [5.74, 6) is 0. The predicted octanol–water partition coefficient (Wildman–Crippen LogP) is 3.48. The first-order valence-electron chi connectivity index (χ1n) is 6.37. The van der Waals surface area contributed by atoms with Crippen molar-refractivity contribution in [3.05, 3.63) is 54.0 Å². The molecule has 0 saturated carbocycles. The molecule has 4 nitrogen and oxygen atoms in total. The Morgan fingerprint density at radius 3 is 2.64 bits per heavy atom. The van der Waals surface area contributed by atoms with E-state index in [-0.39, 0.29) is 6.42 Å². The summed E-state index contributed by atoms with van der Waals surface area (Å²) in [5, 5.41) is 8.96. The molecule has 22 heavy (non-hydrogen) atoms. The van der Waals surface area contributed by atoms with Crippen LogP contribution in [-0.4, -0.2) is 14.4 Å². The molecular formula is C15H9F3N4. The lowest BCUT2D eigenvalue weighted by Gasteiger charge is -2.07. The van der Waals surface area contributed by atoms with Gasteiger partial charge in [0.2, 0.25) is 0 Å². The topological polar surface area (TPSA) is 54.0 Å². The number of hydrogen-bond donors (Lipinski definition) is 0. The highest BCUT2D eigenvalue weighted by molar-refractivity contribution is 5.64. The molecule has 3 rings (SSSR count). The summed E-state index contributed by atoms with van der Waals surface area (Å²) in [6, 6.07) is 9.40.